The van der Waals surface area contributed by atoms with Crippen molar-refractivity contribution in [1.82, 2.24) is 5.32 Å². The van der Waals surface area contributed by atoms with E-state index >= 15 is 0 Å². The molecule has 0 bridgehead atoms. The van der Waals surface area contributed by atoms with E-state index < -0.39 is 11.9 Å². The van der Waals surface area contributed by atoms with Gasteiger partial charge in [-0.2, -0.15) is 0 Å². The van der Waals surface area contributed by atoms with Crippen molar-refractivity contribution in [2.24, 2.45) is 5.73 Å². The molecule has 2 atom stereocenters. The Morgan fingerprint density at radius 1 is 1.53 bits per heavy atom. The predicted octanol–water partition coefficient (Wildman–Crippen LogP) is 1.60. The summed E-state index contributed by atoms with van der Waals surface area (Å²) < 4.78 is 18.5. The number of amides is 1. The third kappa shape index (κ3) is 3.65. The Kier molecular flexibility index (Phi) is 4.74. The van der Waals surface area contributed by atoms with Crippen LogP contribution in [0, 0.1) is 5.82 Å². The van der Waals surface area contributed by atoms with Crippen molar-refractivity contribution in [3.05, 3.63) is 34.6 Å². The summed E-state index contributed by atoms with van der Waals surface area (Å²) in [7, 11) is 0. The van der Waals surface area contributed by atoms with Crippen LogP contribution >= 0.6 is 11.6 Å². The summed E-state index contributed by atoms with van der Waals surface area (Å²) in [5, 5.41) is 2.79. The molecule has 1 saturated heterocycles. The Morgan fingerprint density at radius 2 is 2.32 bits per heavy atom. The van der Waals surface area contributed by atoms with E-state index in [0.717, 1.165) is 12.0 Å². The zero-order valence-corrected chi connectivity index (χ0v) is 11.1. The zero-order chi connectivity index (χ0) is 13.8. The number of nitrogens with one attached hydrogen (secondary N) is 1. The Bertz CT molecular complexity index is 470. The smallest absolute Gasteiger partial charge is 0.249 e. The second-order valence-corrected chi connectivity index (χ2v) is 4.93. The van der Waals surface area contributed by atoms with Crippen LogP contribution in [0.2, 0.25) is 5.02 Å². The van der Waals surface area contributed by atoms with Gasteiger partial charge in [0.05, 0.1) is 11.1 Å². The number of hydrogen-bond acceptors (Lipinski definition) is 3. The van der Waals surface area contributed by atoms with Gasteiger partial charge < -0.3 is 15.8 Å². The number of carbonyl (C=O) groups excluding carboxylic acids is 1. The minimum atomic E-state index is -0.471. The molecule has 0 saturated carbocycles. The first-order chi connectivity index (χ1) is 9.10. The van der Waals surface area contributed by atoms with E-state index in [2.05, 4.69) is 5.32 Å². The summed E-state index contributed by atoms with van der Waals surface area (Å²) >= 11 is 5.67. The van der Waals surface area contributed by atoms with E-state index in [1.165, 1.54) is 12.1 Å². The highest BCUT2D eigenvalue weighted by atomic mass is 35.5. The highest BCUT2D eigenvalue weighted by Gasteiger charge is 2.29. The molecule has 1 amide bonds. The van der Waals surface area contributed by atoms with Gasteiger partial charge >= 0.3 is 0 Å². The van der Waals surface area contributed by atoms with E-state index in [9.17, 15) is 9.18 Å². The molecular formula is C13H16ClFN2O2. The Balaban J connectivity index is 1.85. The molecule has 1 aliphatic heterocycles. The molecule has 104 valence electrons. The molecule has 6 heteroatoms. The molecule has 0 aliphatic carbocycles. The maximum atomic E-state index is 13.0. The monoisotopic (exact) mass is 286 g/mol. The fourth-order valence-corrected chi connectivity index (χ4v) is 2.23. The molecule has 4 nitrogen and oxygen atoms in total. The molecule has 0 spiro atoms. The molecule has 1 aromatic carbocycles. The fourth-order valence-electron chi connectivity index (χ4n) is 2.02. The lowest BCUT2D eigenvalue weighted by atomic mass is 10.2. The summed E-state index contributed by atoms with van der Waals surface area (Å²) in [5.41, 5.74) is 6.23. The standard InChI is InChI=1S/C13H16ClFN2O2/c14-10-5-8(1-3-11(10)15)7-17-13(18)12-4-2-9(6-16)19-12/h1,3,5,9,12H,2,4,6-7,16H2,(H,17,18). The van der Waals surface area contributed by atoms with Gasteiger partial charge in [0.15, 0.2) is 0 Å². The quantitative estimate of drug-likeness (QED) is 0.884. The van der Waals surface area contributed by atoms with Crippen molar-refractivity contribution in [2.45, 2.75) is 31.6 Å². The van der Waals surface area contributed by atoms with E-state index in [1.807, 2.05) is 0 Å². The van der Waals surface area contributed by atoms with Crippen LogP contribution in [-0.4, -0.2) is 24.7 Å². The molecule has 2 rings (SSSR count). The van der Waals surface area contributed by atoms with E-state index in [4.69, 9.17) is 22.1 Å². The molecule has 3 N–H and O–H groups in total. The predicted molar refractivity (Wildman–Crippen MR) is 70.2 cm³/mol. The maximum absolute atomic E-state index is 13.0. The second kappa shape index (κ2) is 6.32. The van der Waals surface area contributed by atoms with Crippen LogP contribution in [0.25, 0.3) is 0 Å². The van der Waals surface area contributed by atoms with Crippen LogP contribution in [0.1, 0.15) is 18.4 Å². The number of halogens is 2. The lowest BCUT2D eigenvalue weighted by Crippen LogP contribution is -2.35. The summed E-state index contributed by atoms with van der Waals surface area (Å²) in [6.45, 7) is 0.726. The first kappa shape index (κ1) is 14.2. The van der Waals surface area contributed by atoms with Crippen molar-refractivity contribution in [3.63, 3.8) is 0 Å². The number of benzene rings is 1. The number of carbonyl (C=O) groups is 1. The van der Waals surface area contributed by atoms with Gasteiger partial charge in [-0.3, -0.25) is 4.79 Å². The molecule has 1 aromatic rings. The Morgan fingerprint density at radius 3 is 2.95 bits per heavy atom. The van der Waals surface area contributed by atoms with Crippen LogP contribution < -0.4 is 11.1 Å². The first-order valence-corrected chi connectivity index (χ1v) is 6.55. The van der Waals surface area contributed by atoms with Gasteiger partial charge in [0.25, 0.3) is 0 Å². The van der Waals surface area contributed by atoms with Crippen molar-refractivity contribution >= 4 is 17.5 Å². The zero-order valence-electron chi connectivity index (χ0n) is 10.4. The van der Waals surface area contributed by atoms with Crippen molar-refractivity contribution in [1.29, 1.82) is 0 Å². The van der Waals surface area contributed by atoms with Crippen LogP contribution in [0.5, 0.6) is 0 Å². The average molecular weight is 287 g/mol. The van der Waals surface area contributed by atoms with Crippen LogP contribution in [0.15, 0.2) is 18.2 Å². The van der Waals surface area contributed by atoms with Crippen molar-refractivity contribution in [2.75, 3.05) is 6.54 Å². The summed E-state index contributed by atoms with van der Waals surface area (Å²) in [6.07, 6.45) is 1.01. The van der Waals surface area contributed by atoms with Gasteiger partial charge in [0.2, 0.25) is 5.91 Å². The van der Waals surface area contributed by atoms with Gasteiger partial charge in [-0.1, -0.05) is 17.7 Å². The van der Waals surface area contributed by atoms with E-state index in [1.54, 1.807) is 6.07 Å². The maximum Gasteiger partial charge on any atom is 0.249 e. The van der Waals surface area contributed by atoms with E-state index in [0.29, 0.717) is 19.5 Å². The normalized spacial score (nSPS) is 22.5. The van der Waals surface area contributed by atoms with Crippen LogP contribution in [0.3, 0.4) is 0 Å². The van der Waals surface area contributed by atoms with E-state index in [-0.39, 0.29) is 17.0 Å². The fraction of sp³-hybridized carbons (Fsp3) is 0.462. The molecule has 1 aliphatic rings. The largest absolute Gasteiger partial charge is 0.364 e. The first-order valence-electron chi connectivity index (χ1n) is 6.17. The highest BCUT2D eigenvalue weighted by molar-refractivity contribution is 6.30. The number of nitrogens with two attached hydrogens (primary N) is 1. The molecule has 0 aromatic heterocycles. The van der Waals surface area contributed by atoms with Gasteiger partial charge in [0.1, 0.15) is 11.9 Å². The SMILES string of the molecule is NCC1CCC(C(=O)NCc2ccc(F)c(Cl)c2)O1. The number of hydrogen-bond donors (Lipinski definition) is 2. The molecule has 1 heterocycles. The third-order valence-corrected chi connectivity index (χ3v) is 3.40. The molecular weight excluding hydrogens is 271 g/mol. The number of ether oxygens (including phenoxy) is 1. The van der Waals surface area contributed by atoms with Crippen molar-refractivity contribution in [3.8, 4) is 0 Å². The minimum absolute atomic E-state index is 0.0315. The third-order valence-electron chi connectivity index (χ3n) is 3.11. The lowest BCUT2D eigenvalue weighted by Gasteiger charge is -2.12. The second-order valence-electron chi connectivity index (χ2n) is 4.53. The summed E-state index contributed by atoms with van der Waals surface area (Å²) in [5.74, 6) is -0.641. The minimum Gasteiger partial charge on any atom is -0.364 e. The van der Waals surface area contributed by atoms with Crippen LogP contribution in [0.4, 0.5) is 4.39 Å². The van der Waals surface area contributed by atoms with Gasteiger partial charge in [-0.25, -0.2) is 4.39 Å². The van der Waals surface area contributed by atoms with Gasteiger partial charge in [-0.15, -0.1) is 0 Å². The molecule has 1 fully saturated rings. The number of rotatable bonds is 4. The molecule has 19 heavy (non-hydrogen) atoms. The molecule has 2 unspecified atom stereocenters. The summed E-state index contributed by atoms with van der Waals surface area (Å²) in [4.78, 5) is 11.8. The Hall–Kier alpha value is -1.17. The molecule has 0 radical (unpaired) electrons. The lowest BCUT2D eigenvalue weighted by molar-refractivity contribution is -0.132. The highest BCUT2D eigenvalue weighted by Crippen LogP contribution is 2.19. The van der Waals surface area contributed by atoms with Gasteiger partial charge in [0, 0.05) is 13.1 Å². The average Bonchev–Trinajstić information content (AvgIpc) is 2.88. The van der Waals surface area contributed by atoms with Gasteiger partial charge in [-0.05, 0) is 30.5 Å². The Labute approximate surface area is 116 Å². The summed E-state index contributed by atoms with van der Waals surface area (Å²) in [6, 6.07) is 4.36. The van der Waals surface area contributed by atoms with Crippen LogP contribution in [-0.2, 0) is 16.1 Å². The van der Waals surface area contributed by atoms with Crippen molar-refractivity contribution < 1.29 is 13.9 Å². The topological polar surface area (TPSA) is 64.4 Å².